The minimum Gasteiger partial charge on any atom is -0.542 e. The van der Waals surface area contributed by atoms with Crippen molar-refractivity contribution in [3.05, 3.63) is 127 Å². The first kappa shape index (κ1) is 25.9. The van der Waals surface area contributed by atoms with Crippen molar-refractivity contribution in [1.29, 1.82) is 0 Å². The van der Waals surface area contributed by atoms with Crippen LogP contribution in [0.25, 0.3) is 0 Å². The van der Waals surface area contributed by atoms with Crippen LogP contribution in [0.15, 0.2) is 121 Å². The second-order valence-electron chi connectivity index (χ2n) is 7.55. The quantitative estimate of drug-likeness (QED) is 0.299. The van der Waals surface area contributed by atoms with Gasteiger partial charge in [-0.05, 0) is 36.4 Å². The highest BCUT2D eigenvalue weighted by Gasteiger charge is 2.47. The standard InChI is InChI=1S/C26H22OP.C2HF3O2/c27-26(22-13-5-1-6-14-22)21-28(23-15-7-2-8-16-23,24-17-9-3-10-18-24)25-19-11-4-12-20-25;3-2(4,5)1(6)7/h1-20H,21H2;(H,6,7)/q+1;/p-1. The van der Waals surface area contributed by atoms with Gasteiger partial charge in [0.1, 0.15) is 35.3 Å². The number of rotatable bonds is 6. The van der Waals surface area contributed by atoms with Crippen molar-refractivity contribution in [2.75, 3.05) is 6.16 Å². The van der Waals surface area contributed by atoms with Crippen molar-refractivity contribution in [3.63, 3.8) is 0 Å². The highest BCUT2D eigenvalue weighted by atomic mass is 31.2. The molecule has 0 heterocycles. The second kappa shape index (κ2) is 11.6. The van der Waals surface area contributed by atoms with Gasteiger partial charge in [-0.1, -0.05) is 84.9 Å². The first-order chi connectivity index (χ1) is 16.7. The number of ketones is 1. The fourth-order valence-corrected chi connectivity index (χ4v) is 7.80. The molecular formula is C28H22F3O3P. The summed E-state index contributed by atoms with van der Waals surface area (Å²) in [6.45, 7) is 0. The maximum Gasteiger partial charge on any atom is 0.430 e. The third-order valence-corrected chi connectivity index (χ3v) is 9.60. The molecule has 178 valence electrons. The van der Waals surface area contributed by atoms with Crippen LogP contribution in [0.3, 0.4) is 0 Å². The van der Waals surface area contributed by atoms with Crippen LogP contribution in [-0.4, -0.2) is 24.1 Å². The Bertz CT molecular complexity index is 1130. The third-order valence-electron chi connectivity index (χ3n) is 5.30. The molecule has 0 N–H and O–H groups in total. The molecule has 7 heteroatoms. The summed E-state index contributed by atoms with van der Waals surface area (Å²) in [4.78, 5) is 22.2. The molecule has 35 heavy (non-hydrogen) atoms. The van der Waals surface area contributed by atoms with Crippen molar-refractivity contribution >= 4 is 34.9 Å². The number of Topliss-reactive ketones (excluding diaryl/α,β-unsaturated/α-hetero) is 1. The Morgan fingerprint density at radius 3 is 1.17 bits per heavy atom. The zero-order valence-electron chi connectivity index (χ0n) is 18.6. The topological polar surface area (TPSA) is 57.2 Å². The van der Waals surface area contributed by atoms with E-state index < -0.39 is 19.4 Å². The molecule has 0 saturated carbocycles. The van der Waals surface area contributed by atoms with E-state index in [-0.39, 0.29) is 5.78 Å². The molecular weight excluding hydrogens is 472 g/mol. The largest absolute Gasteiger partial charge is 0.542 e. The van der Waals surface area contributed by atoms with Gasteiger partial charge in [-0.3, -0.25) is 4.79 Å². The van der Waals surface area contributed by atoms with Gasteiger partial charge in [0, 0.05) is 5.56 Å². The molecule has 3 nitrogen and oxygen atoms in total. The van der Waals surface area contributed by atoms with E-state index >= 15 is 0 Å². The van der Waals surface area contributed by atoms with Gasteiger partial charge in [0.2, 0.25) is 5.78 Å². The van der Waals surface area contributed by atoms with E-state index in [1.54, 1.807) is 0 Å². The molecule has 0 amide bonds. The van der Waals surface area contributed by atoms with Crippen LogP contribution in [0.4, 0.5) is 13.2 Å². The molecule has 0 fully saturated rings. The number of carboxylic acids is 1. The Kier molecular flexibility index (Phi) is 8.56. The Labute approximate surface area is 202 Å². The predicted molar refractivity (Wildman–Crippen MR) is 132 cm³/mol. The van der Waals surface area contributed by atoms with E-state index in [1.165, 1.54) is 15.9 Å². The first-order valence-corrected chi connectivity index (χ1v) is 12.6. The van der Waals surface area contributed by atoms with E-state index in [0.29, 0.717) is 6.16 Å². The van der Waals surface area contributed by atoms with E-state index in [0.717, 1.165) is 5.56 Å². The van der Waals surface area contributed by atoms with Crippen LogP contribution < -0.4 is 21.0 Å². The lowest BCUT2D eigenvalue weighted by Crippen LogP contribution is -2.37. The summed E-state index contributed by atoms with van der Waals surface area (Å²) in [5.74, 6) is -2.82. The summed E-state index contributed by atoms with van der Waals surface area (Å²) in [5, 5.41) is 12.5. The molecule has 0 aliphatic carbocycles. The first-order valence-electron chi connectivity index (χ1n) is 10.7. The van der Waals surface area contributed by atoms with Gasteiger partial charge in [0.05, 0.1) is 0 Å². The van der Waals surface area contributed by atoms with E-state index in [1.807, 2.05) is 48.5 Å². The maximum atomic E-state index is 13.4. The minimum absolute atomic E-state index is 0.186. The molecule has 4 rings (SSSR count). The lowest BCUT2D eigenvalue weighted by molar-refractivity contribution is -0.344. The third kappa shape index (κ3) is 6.43. The number of benzene rings is 4. The molecule has 4 aromatic rings. The summed E-state index contributed by atoms with van der Waals surface area (Å²) < 4.78 is 31.5. The number of hydrogen-bond acceptors (Lipinski definition) is 3. The van der Waals surface area contributed by atoms with Crippen molar-refractivity contribution in [2.45, 2.75) is 6.18 Å². The Morgan fingerprint density at radius 2 is 0.886 bits per heavy atom. The second-order valence-corrected chi connectivity index (χ2v) is 11.0. The van der Waals surface area contributed by atoms with Crippen LogP contribution >= 0.6 is 7.26 Å². The van der Waals surface area contributed by atoms with Crippen LogP contribution in [0, 0.1) is 0 Å². The van der Waals surface area contributed by atoms with Gasteiger partial charge < -0.3 is 9.90 Å². The molecule has 0 atom stereocenters. The number of alkyl halides is 3. The average molecular weight is 494 g/mol. The van der Waals surface area contributed by atoms with Gasteiger partial charge in [-0.2, -0.15) is 13.2 Å². The summed E-state index contributed by atoms with van der Waals surface area (Å²) in [5.41, 5.74) is 0.773. The molecule has 0 saturated heterocycles. The number of carbonyl (C=O) groups is 2. The maximum absolute atomic E-state index is 13.4. The zero-order chi connectivity index (χ0) is 25.3. The van der Waals surface area contributed by atoms with Crippen molar-refractivity contribution in [3.8, 4) is 0 Å². The zero-order valence-corrected chi connectivity index (χ0v) is 19.5. The van der Waals surface area contributed by atoms with Gasteiger partial charge in [-0.15, -0.1) is 0 Å². The summed E-state index contributed by atoms with van der Waals surface area (Å²) in [7, 11) is -2.12. The van der Waals surface area contributed by atoms with Gasteiger partial charge >= 0.3 is 6.18 Å². The minimum atomic E-state index is -5.19. The van der Waals surface area contributed by atoms with Crippen molar-refractivity contribution < 1.29 is 27.9 Å². The van der Waals surface area contributed by atoms with E-state index in [9.17, 15) is 18.0 Å². The van der Waals surface area contributed by atoms with Crippen molar-refractivity contribution in [1.82, 2.24) is 0 Å². The number of halogens is 3. The van der Waals surface area contributed by atoms with E-state index in [4.69, 9.17) is 9.90 Å². The summed E-state index contributed by atoms with van der Waals surface area (Å²) >= 11 is 0. The number of aliphatic carboxylic acids is 1. The number of carboxylic acid groups (broad SMARTS) is 1. The molecule has 0 bridgehead atoms. The summed E-state index contributed by atoms with van der Waals surface area (Å²) in [6.07, 6.45) is -4.71. The molecule has 0 aliphatic heterocycles. The lowest BCUT2D eigenvalue weighted by atomic mass is 10.2. The fourth-order valence-electron chi connectivity index (χ4n) is 3.70. The van der Waals surface area contributed by atoms with Gasteiger partial charge in [0.15, 0.2) is 0 Å². The number of hydrogen-bond donors (Lipinski definition) is 0. The Balaban J connectivity index is 0.000000429. The molecule has 0 aromatic heterocycles. The van der Waals surface area contributed by atoms with Gasteiger partial charge in [-0.25, -0.2) is 0 Å². The van der Waals surface area contributed by atoms with Crippen LogP contribution in [0.1, 0.15) is 10.4 Å². The molecule has 0 aliphatic rings. The Hall–Kier alpha value is -3.76. The van der Waals surface area contributed by atoms with Crippen LogP contribution in [0.2, 0.25) is 0 Å². The molecule has 0 spiro atoms. The highest BCUT2D eigenvalue weighted by molar-refractivity contribution is 7.96. The Morgan fingerprint density at radius 1 is 0.600 bits per heavy atom. The van der Waals surface area contributed by atoms with Crippen molar-refractivity contribution in [2.24, 2.45) is 0 Å². The number of carbonyl (C=O) groups excluding carboxylic acids is 2. The smallest absolute Gasteiger partial charge is 0.430 e. The molecule has 4 aromatic carbocycles. The average Bonchev–Trinajstić information content (AvgIpc) is 2.89. The normalized spacial score (nSPS) is 11.2. The predicted octanol–water partition coefficient (Wildman–Crippen LogP) is 4.16. The monoisotopic (exact) mass is 494 g/mol. The lowest BCUT2D eigenvalue weighted by Gasteiger charge is -2.27. The van der Waals surface area contributed by atoms with Crippen LogP contribution in [0.5, 0.6) is 0 Å². The molecule has 0 unspecified atom stereocenters. The highest BCUT2D eigenvalue weighted by Crippen LogP contribution is 2.55. The SMILES string of the molecule is O=C(C[P+](c1ccccc1)(c1ccccc1)c1ccccc1)c1ccccc1.O=C([O-])C(F)(F)F. The van der Waals surface area contributed by atoms with E-state index in [2.05, 4.69) is 72.8 Å². The van der Waals surface area contributed by atoms with Gasteiger partial charge in [0.25, 0.3) is 0 Å². The fraction of sp³-hybridized carbons (Fsp3) is 0.0714. The molecule has 0 radical (unpaired) electrons. The van der Waals surface area contributed by atoms with Crippen LogP contribution in [-0.2, 0) is 4.79 Å². The summed E-state index contributed by atoms with van der Waals surface area (Å²) in [6, 6.07) is 41.2.